The molecule has 1 amide bonds. The highest BCUT2D eigenvalue weighted by atomic mass is 35.5. The van der Waals surface area contributed by atoms with Crippen LogP contribution in [0.1, 0.15) is 16.1 Å². The molecule has 0 saturated carbocycles. The third kappa shape index (κ3) is 4.00. The number of furan rings is 1. The largest absolute Gasteiger partial charge is 0.465 e. The molecule has 5 nitrogen and oxygen atoms in total. The van der Waals surface area contributed by atoms with Crippen molar-refractivity contribution in [1.29, 1.82) is 0 Å². The molecule has 1 aliphatic rings. The molecular weight excluding hydrogens is 406 g/mol. The van der Waals surface area contributed by atoms with E-state index >= 15 is 0 Å². The molecule has 1 aromatic heterocycles. The lowest BCUT2D eigenvalue weighted by molar-refractivity contribution is -0.121. The Bertz CT molecular complexity index is 980. The lowest BCUT2D eigenvalue weighted by atomic mass is 10.1. The predicted molar refractivity (Wildman–Crippen MR) is 111 cm³/mol. The van der Waals surface area contributed by atoms with Crippen LogP contribution in [0.25, 0.3) is 17.4 Å². The highest BCUT2D eigenvalue weighted by molar-refractivity contribution is 8.26. The van der Waals surface area contributed by atoms with Gasteiger partial charge in [-0.25, -0.2) is 4.79 Å². The number of benzene rings is 1. The zero-order valence-corrected chi connectivity index (χ0v) is 16.6. The van der Waals surface area contributed by atoms with Crippen molar-refractivity contribution >= 4 is 57.9 Å². The van der Waals surface area contributed by atoms with Gasteiger partial charge in [0.25, 0.3) is 5.91 Å². The topological polar surface area (TPSA) is 59.8 Å². The molecule has 0 radical (unpaired) electrons. The second-order valence-electron chi connectivity index (χ2n) is 5.47. The molecule has 0 atom stereocenters. The quantitative estimate of drug-likeness (QED) is 0.301. The maximum Gasteiger partial charge on any atom is 0.339 e. The van der Waals surface area contributed by atoms with Gasteiger partial charge < -0.3 is 9.15 Å². The third-order valence-electron chi connectivity index (χ3n) is 3.74. The Kier molecular flexibility index (Phi) is 5.84. The molecule has 0 unspecified atom stereocenters. The van der Waals surface area contributed by atoms with Crippen LogP contribution in [0.3, 0.4) is 0 Å². The summed E-state index contributed by atoms with van der Waals surface area (Å²) in [6.45, 7) is 4.00. The molecule has 2 heterocycles. The number of amides is 1. The van der Waals surface area contributed by atoms with Crippen LogP contribution >= 0.6 is 35.6 Å². The lowest BCUT2D eigenvalue weighted by Gasteiger charge is -2.10. The maximum absolute atomic E-state index is 12.4. The molecule has 1 saturated heterocycles. The van der Waals surface area contributed by atoms with Crippen LogP contribution in [-0.2, 0) is 9.53 Å². The minimum atomic E-state index is -0.528. The SMILES string of the molecule is C=CCN1C(=O)/C(=C/c2ccc(-c3ccc(Cl)c(C(=O)OC)c3)o2)SC1=S. The molecule has 2 aromatic rings. The fourth-order valence-electron chi connectivity index (χ4n) is 2.45. The van der Waals surface area contributed by atoms with E-state index in [-0.39, 0.29) is 11.5 Å². The molecule has 0 N–H and O–H groups in total. The van der Waals surface area contributed by atoms with E-state index in [0.717, 1.165) is 0 Å². The number of hydrogen-bond acceptors (Lipinski definition) is 6. The van der Waals surface area contributed by atoms with Crippen LogP contribution in [-0.4, -0.2) is 34.8 Å². The first-order valence-corrected chi connectivity index (χ1v) is 9.39. The minimum absolute atomic E-state index is 0.178. The summed E-state index contributed by atoms with van der Waals surface area (Å²) in [5.74, 6) is 0.324. The Morgan fingerprint density at radius 3 is 2.89 bits per heavy atom. The lowest BCUT2D eigenvalue weighted by Crippen LogP contribution is -2.27. The van der Waals surface area contributed by atoms with Crippen molar-refractivity contribution in [1.82, 2.24) is 4.90 Å². The zero-order chi connectivity index (χ0) is 19.6. The van der Waals surface area contributed by atoms with Crippen molar-refractivity contribution in [2.75, 3.05) is 13.7 Å². The number of hydrogen-bond donors (Lipinski definition) is 0. The Morgan fingerprint density at radius 2 is 2.19 bits per heavy atom. The smallest absolute Gasteiger partial charge is 0.339 e. The molecule has 1 fully saturated rings. The Hall–Kier alpha value is -2.35. The number of rotatable bonds is 5. The summed E-state index contributed by atoms with van der Waals surface area (Å²) in [5.41, 5.74) is 0.915. The highest BCUT2D eigenvalue weighted by Crippen LogP contribution is 2.34. The summed E-state index contributed by atoms with van der Waals surface area (Å²) in [7, 11) is 1.29. The van der Waals surface area contributed by atoms with Gasteiger partial charge >= 0.3 is 5.97 Å². The summed E-state index contributed by atoms with van der Waals surface area (Å²) in [6, 6.07) is 8.43. The van der Waals surface area contributed by atoms with Gasteiger partial charge in [-0.15, -0.1) is 6.58 Å². The van der Waals surface area contributed by atoms with E-state index in [1.807, 2.05) is 0 Å². The first kappa shape index (κ1) is 19.4. The summed E-state index contributed by atoms with van der Waals surface area (Å²) < 4.78 is 11.0. The van der Waals surface area contributed by atoms with E-state index < -0.39 is 5.97 Å². The fourth-order valence-corrected chi connectivity index (χ4v) is 3.90. The summed E-state index contributed by atoms with van der Waals surface area (Å²) in [4.78, 5) is 26.1. The van der Waals surface area contributed by atoms with Crippen molar-refractivity contribution in [2.24, 2.45) is 0 Å². The molecule has 3 rings (SSSR count). The molecule has 0 aliphatic carbocycles. The number of halogens is 1. The van der Waals surface area contributed by atoms with Crippen LogP contribution in [0.2, 0.25) is 5.02 Å². The summed E-state index contributed by atoms with van der Waals surface area (Å²) >= 11 is 12.5. The Morgan fingerprint density at radius 1 is 1.41 bits per heavy atom. The number of carbonyl (C=O) groups excluding carboxylic acids is 2. The van der Waals surface area contributed by atoms with E-state index in [2.05, 4.69) is 6.58 Å². The van der Waals surface area contributed by atoms with Crippen molar-refractivity contribution in [3.05, 3.63) is 64.2 Å². The van der Waals surface area contributed by atoms with Gasteiger partial charge in [0, 0.05) is 18.2 Å². The van der Waals surface area contributed by atoms with E-state index in [1.165, 1.54) is 23.8 Å². The van der Waals surface area contributed by atoms with E-state index in [0.29, 0.717) is 37.9 Å². The second kappa shape index (κ2) is 8.12. The van der Waals surface area contributed by atoms with E-state index in [4.69, 9.17) is 33.0 Å². The number of nitrogens with zero attached hydrogens (tertiary/aromatic N) is 1. The first-order valence-electron chi connectivity index (χ1n) is 7.79. The first-order chi connectivity index (χ1) is 12.9. The number of carbonyl (C=O) groups is 2. The standard InChI is InChI=1S/C19H14ClNO4S2/c1-3-8-21-17(22)16(27-19(21)26)10-12-5-7-15(25-12)11-4-6-14(20)13(9-11)18(23)24-2/h3-7,9-10H,1,8H2,2H3/b16-10-. The normalized spacial score (nSPS) is 15.5. The van der Waals surface area contributed by atoms with E-state index in [1.54, 1.807) is 42.5 Å². The Labute approximate surface area is 170 Å². The molecule has 0 bridgehead atoms. The number of methoxy groups -OCH3 is 1. The minimum Gasteiger partial charge on any atom is -0.465 e. The van der Waals surface area contributed by atoms with Gasteiger partial charge in [0.05, 0.1) is 22.6 Å². The fraction of sp³-hybridized carbons (Fsp3) is 0.105. The third-order valence-corrected chi connectivity index (χ3v) is 5.45. The zero-order valence-electron chi connectivity index (χ0n) is 14.2. The molecule has 1 aromatic carbocycles. The Balaban J connectivity index is 1.88. The van der Waals surface area contributed by atoms with Gasteiger partial charge in [0.2, 0.25) is 0 Å². The van der Waals surface area contributed by atoms with Crippen LogP contribution in [0.5, 0.6) is 0 Å². The van der Waals surface area contributed by atoms with Crippen molar-refractivity contribution in [3.63, 3.8) is 0 Å². The molecule has 138 valence electrons. The average molecular weight is 420 g/mol. The molecule has 27 heavy (non-hydrogen) atoms. The number of thioether (sulfide) groups is 1. The average Bonchev–Trinajstić information content (AvgIpc) is 3.22. The summed E-state index contributed by atoms with van der Waals surface area (Å²) in [5, 5.41) is 0.295. The van der Waals surface area contributed by atoms with Gasteiger partial charge in [-0.3, -0.25) is 9.69 Å². The predicted octanol–water partition coefficient (Wildman–Crippen LogP) is 4.77. The van der Waals surface area contributed by atoms with Crippen LogP contribution in [0.4, 0.5) is 0 Å². The van der Waals surface area contributed by atoms with E-state index in [9.17, 15) is 9.59 Å². The second-order valence-corrected chi connectivity index (χ2v) is 7.55. The van der Waals surface area contributed by atoms with Gasteiger partial charge in [-0.1, -0.05) is 41.7 Å². The molecule has 1 aliphatic heterocycles. The van der Waals surface area contributed by atoms with Crippen molar-refractivity contribution in [3.8, 4) is 11.3 Å². The van der Waals surface area contributed by atoms with Crippen LogP contribution in [0.15, 0.2) is 52.3 Å². The molecule has 8 heteroatoms. The number of thiocarbonyl (C=S) groups is 1. The highest BCUT2D eigenvalue weighted by Gasteiger charge is 2.31. The summed E-state index contributed by atoms with van der Waals surface area (Å²) in [6.07, 6.45) is 3.27. The number of ether oxygens (including phenoxy) is 1. The van der Waals surface area contributed by atoms with Gasteiger partial charge in [0.1, 0.15) is 15.8 Å². The van der Waals surface area contributed by atoms with Crippen molar-refractivity contribution < 1.29 is 18.7 Å². The monoisotopic (exact) mass is 419 g/mol. The van der Waals surface area contributed by atoms with Crippen molar-refractivity contribution in [2.45, 2.75) is 0 Å². The van der Waals surface area contributed by atoms with Gasteiger partial charge in [-0.05, 0) is 30.3 Å². The van der Waals surface area contributed by atoms with Crippen LogP contribution in [0, 0.1) is 0 Å². The molecule has 0 spiro atoms. The molecular formula is C19H14ClNO4S2. The van der Waals surface area contributed by atoms with Crippen LogP contribution < -0.4 is 0 Å². The van der Waals surface area contributed by atoms with Gasteiger partial charge in [0.15, 0.2) is 0 Å². The van der Waals surface area contributed by atoms with Gasteiger partial charge in [-0.2, -0.15) is 0 Å². The maximum atomic E-state index is 12.4. The number of esters is 1.